The quantitative estimate of drug-likeness (QED) is 0.808. The Balaban J connectivity index is 1.59. The first kappa shape index (κ1) is 19.3. The first-order chi connectivity index (χ1) is 14.1. The van der Waals surface area contributed by atoms with E-state index in [1.165, 1.54) is 0 Å². The maximum Gasteiger partial charge on any atom is 0.291 e. The Morgan fingerprint density at radius 1 is 1.17 bits per heavy atom. The summed E-state index contributed by atoms with van der Waals surface area (Å²) in [5.74, 6) is 0.976. The molecule has 0 fully saturated rings. The van der Waals surface area contributed by atoms with E-state index in [4.69, 9.17) is 9.47 Å². The fraction of sp³-hybridized carbons (Fsp3) is 0.476. The zero-order valence-corrected chi connectivity index (χ0v) is 16.8. The average molecular weight is 398 g/mol. The van der Waals surface area contributed by atoms with E-state index in [-0.39, 0.29) is 23.7 Å². The zero-order valence-electron chi connectivity index (χ0n) is 16.8. The first-order valence-electron chi connectivity index (χ1n) is 10.2. The molecule has 0 spiro atoms. The molecule has 3 heterocycles. The van der Waals surface area contributed by atoms with Crippen LogP contribution >= 0.6 is 0 Å². The number of amides is 2. The minimum absolute atomic E-state index is 0.0541. The normalized spacial score (nSPS) is 15.9. The lowest BCUT2D eigenvalue weighted by Gasteiger charge is -2.19. The summed E-state index contributed by atoms with van der Waals surface area (Å²) >= 11 is 0. The molecule has 2 amide bonds. The number of aromatic nitrogens is 2. The molecule has 0 radical (unpaired) electrons. The minimum Gasteiger partial charge on any atom is -0.486 e. The summed E-state index contributed by atoms with van der Waals surface area (Å²) in [4.78, 5) is 30.1. The second-order valence-electron chi connectivity index (χ2n) is 7.43. The lowest BCUT2D eigenvalue weighted by Crippen LogP contribution is -2.33. The number of carbonyl (C=O) groups excluding carboxylic acids is 2. The van der Waals surface area contributed by atoms with Crippen LogP contribution in [0.4, 0.5) is 5.69 Å². The molecular weight excluding hydrogens is 372 g/mol. The molecule has 29 heavy (non-hydrogen) atoms. The molecule has 8 heteroatoms. The molecule has 0 bridgehead atoms. The van der Waals surface area contributed by atoms with Gasteiger partial charge in [-0.1, -0.05) is 6.92 Å². The van der Waals surface area contributed by atoms with Crippen LogP contribution in [-0.4, -0.2) is 40.6 Å². The van der Waals surface area contributed by atoms with Crippen molar-refractivity contribution in [2.45, 2.75) is 52.1 Å². The summed E-state index contributed by atoms with van der Waals surface area (Å²) in [7, 11) is 0. The highest BCUT2D eigenvalue weighted by molar-refractivity contribution is 6.04. The van der Waals surface area contributed by atoms with Gasteiger partial charge in [-0.05, 0) is 44.7 Å². The van der Waals surface area contributed by atoms with Gasteiger partial charge in [-0.3, -0.25) is 9.59 Å². The Morgan fingerprint density at radius 3 is 2.76 bits per heavy atom. The van der Waals surface area contributed by atoms with Crippen LogP contribution in [0.5, 0.6) is 11.5 Å². The summed E-state index contributed by atoms with van der Waals surface area (Å²) in [6.45, 7) is 5.64. The van der Waals surface area contributed by atoms with Crippen LogP contribution in [0.2, 0.25) is 0 Å². The third-order valence-corrected chi connectivity index (χ3v) is 5.33. The van der Waals surface area contributed by atoms with Crippen molar-refractivity contribution in [2.24, 2.45) is 0 Å². The molecule has 154 valence electrons. The van der Waals surface area contributed by atoms with Crippen molar-refractivity contribution >= 4 is 17.5 Å². The van der Waals surface area contributed by atoms with E-state index in [0.717, 1.165) is 31.4 Å². The van der Waals surface area contributed by atoms with E-state index in [1.54, 1.807) is 18.2 Å². The molecule has 0 saturated heterocycles. The molecule has 8 nitrogen and oxygen atoms in total. The molecule has 4 rings (SSSR count). The predicted molar refractivity (Wildman–Crippen MR) is 108 cm³/mol. The number of ether oxygens (including phenoxy) is 2. The van der Waals surface area contributed by atoms with E-state index in [0.29, 0.717) is 42.6 Å². The summed E-state index contributed by atoms with van der Waals surface area (Å²) in [6.07, 6.45) is 3.52. The summed E-state index contributed by atoms with van der Waals surface area (Å²) < 4.78 is 13.0. The van der Waals surface area contributed by atoms with Gasteiger partial charge < -0.3 is 24.7 Å². The van der Waals surface area contributed by atoms with Crippen molar-refractivity contribution in [1.29, 1.82) is 0 Å². The number of fused-ring (bicyclic) bond motifs is 2. The van der Waals surface area contributed by atoms with Crippen molar-refractivity contribution in [1.82, 2.24) is 14.9 Å². The van der Waals surface area contributed by atoms with Crippen molar-refractivity contribution in [3.05, 3.63) is 35.4 Å². The van der Waals surface area contributed by atoms with Crippen molar-refractivity contribution in [2.75, 3.05) is 18.5 Å². The van der Waals surface area contributed by atoms with Crippen LogP contribution in [0.25, 0.3) is 0 Å². The number of hydrogen-bond donors (Lipinski definition) is 2. The predicted octanol–water partition coefficient (Wildman–Crippen LogP) is 2.77. The van der Waals surface area contributed by atoms with Crippen molar-refractivity contribution in [3.63, 3.8) is 0 Å². The second kappa shape index (κ2) is 8.14. The third kappa shape index (κ3) is 3.92. The number of rotatable bonds is 5. The molecule has 1 aromatic heterocycles. The van der Waals surface area contributed by atoms with E-state index >= 15 is 0 Å². The SMILES string of the molecule is CCC(C)NC(=O)c1nc(C(=O)Nc2ccc3c(c2)OCCO3)n2c1CCCC2. The number of imidazole rings is 1. The summed E-state index contributed by atoms with van der Waals surface area (Å²) in [5.41, 5.74) is 1.79. The number of carbonyl (C=O) groups is 2. The fourth-order valence-electron chi connectivity index (χ4n) is 3.60. The Kier molecular flexibility index (Phi) is 5.42. The summed E-state index contributed by atoms with van der Waals surface area (Å²) in [5, 5.41) is 5.83. The standard InChI is InChI=1S/C21H26N4O4/c1-3-13(2)22-20(26)18-15-6-4-5-9-25(15)19(24-18)21(27)23-14-7-8-16-17(12-14)29-11-10-28-16/h7-8,12-13H,3-6,9-11H2,1-2H3,(H,22,26)(H,23,27). The lowest BCUT2D eigenvalue weighted by atomic mass is 10.1. The van der Waals surface area contributed by atoms with Gasteiger partial charge in [-0.15, -0.1) is 0 Å². The summed E-state index contributed by atoms with van der Waals surface area (Å²) in [6, 6.07) is 5.33. The largest absolute Gasteiger partial charge is 0.486 e. The van der Waals surface area contributed by atoms with E-state index in [1.807, 2.05) is 18.4 Å². The fourth-order valence-corrected chi connectivity index (χ4v) is 3.60. The van der Waals surface area contributed by atoms with Crippen LogP contribution in [-0.2, 0) is 13.0 Å². The minimum atomic E-state index is -0.340. The van der Waals surface area contributed by atoms with Gasteiger partial charge in [0.15, 0.2) is 17.3 Å². The molecule has 2 N–H and O–H groups in total. The maximum absolute atomic E-state index is 13.0. The Bertz CT molecular complexity index is 937. The number of nitrogens with one attached hydrogen (secondary N) is 2. The van der Waals surface area contributed by atoms with Gasteiger partial charge >= 0.3 is 0 Å². The Morgan fingerprint density at radius 2 is 1.97 bits per heavy atom. The molecule has 1 atom stereocenters. The first-order valence-corrected chi connectivity index (χ1v) is 10.2. The smallest absolute Gasteiger partial charge is 0.291 e. The number of hydrogen-bond acceptors (Lipinski definition) is 5. The highest BCUT2D eigenvalue weighted by atomic mass is 16.6. The third-order valence-electron chi connectivity index (χ3n) is 5.33. The van der Waals surface area contributed by atoms with Crippen LogP contribution in [0.1, 0.15) is 59.9 Å². The Hall–Kier alpha value is -3.03. The second-order valence-corrected chi connectivity index (χ2v) is 7.43. The van der Waals surface area contributed by atoms with Gasteiger partial charge in [-0.25, -0.2) is 4.98 Å². The molecule has 2 aliphatic rings. The molecule has 0 aliphatic carbocycles. The zero-order chi connectivity index (χ0) is 20.4. The Labute approximate surface area is 169 Å². The van der Waals surface area contributed by atoms with Gasteiger partial charge in [-0.2, -0.15) is 0 Å². The van der Waals surface area contributed by atoms with E-state index in [9.17, 15) is 9.59 Å². The number of benzene rings is 1. The van der Waals surface area contributed by atoms with Gasteiger partial charge in [0.05, 0.1) is 5.69 Å². The molecule has 2 aliphatic heterocycles. The molecule has 0 saturated carbocycles. The topological polar surface area (TPSA) is 94.5 Å². The van der Waals surface area contributed by atoms with Crippen molar-refractivity contribution in [3.8, 4) is 11.5 Å². The van der Waals surface area contributed by atoms with Crippen molar-refractivity contribution < 1.29 is 19.1 Å². The molecule has 1 aromatic carbocycles. The van der Waals surface area contributed by atoms with Crippen LogP contribution in [0.3, 0.4) is 0 Å². The van der Waals surface area contributed by atoms with Gasteiger partial charge in [0.2, 0.25) is 0 Å². The lowest BCUT2D eigenvalue weighted by molar-refractivity contribution is 0.0933. The highest BCUT2D eigenvalue weighted by Gasteiger charge is 2.28. The average Bonchev–Trinajstić information content (AvgIpc) is 3.13. The van der Waals surface area contributed by atoms with Gasteiger partial charge in [0, 0.05) is 24.3 Å². The maximum atomic E-state index is 13.0. The van der Waals surface area contributed by atoms with E-state index in [2.05, 4.69) is 15.6 Å². The van der Waals surface area contributed by atoms with Crippen LogP contribution in [0.15, 0.2) is 18.2 Å². The highest BCUT2D eigenvalue weighted by Crippen LogP contribution is 2.33. The van der Waals surface area contributed by atoms with Crippen LogP contribution < -0.4 is 20.1 Å². The number of nitrogens with zero attached hydrogens (tertiary/aromatic N) is 2. The molecule has 2 aromatic rings. The van der Waals surface area contributed by atoms with Crippen LogP contribution in [0, 0.1) is 0 Å². The molecular formula is C21H26N4O4. The van der Waals surface area contributed by atoms with Gasteiger partial charge in [0.1, 0.15) is 18.9 Å². The van der Waals surface area contributed by atoms with E-state index < -0.39 is 0 Å². The number of anilines is 1. The van der Waals surface area contributed by atoms with Gasteiger partial charge in [0.25, 0.3) is 11.8 Å². The molecule has 1 unspecified atom stereocenters. The monoisotopic (exact) mass is 398 g/mol.